The molecule has 0 bridgehead atoms. The highest BCUT2D eigenvalue weighted by molar-refractivity contribution is 9.10. The van der Waals surface area contributed by atoms with Crippen molar-refractivity contribution in [3.05, 3.63) is 34.3 Å². The third kappa shape index (κ3) is 3.58. The zero-order valence-electron chi connectivity index (χ0n) is 9.53. The zero-order chi connectivity index (χ0) is 11.4. The standard InChI is InChI=1S/C13H19BrN2/c14-12-3-1-2-11(10-12)4-7-16-8-5-13(15)6-9-16/h1-3,10,13H,4-9,15H2. The molecule has 1 fully saturated rings. The zero-order valence-corrected chi connectivity index (χ0v) is 11.1. The molecule has 0 aliphatic carbocycles. The number of piperidine rings is 1. The van der Waals surface area contributed by atoms with Gasteiger partial charge in [-0.1, -0.05) is 28.1 Å². The van der Waals surface area contributed by atoms with Crippen LogP contribution in [0.4, 0.5) is 0 Å². The fraction of sp³-hybridized carbons (Fsp3) is 0.538. The van der Waals surface area contributed by atoms with Crippen LogP contribution in [0, 0.1) is 0 Å². The Hall–Kier alpha value is -0.380. The minimum absolute atomic E-state index is 0.433. The molecule has 3 heteroatoms. The maximum absolute atomic E-state index is 5.89. The average Bonchev–Trinajstić information content (AvgIpc) is 2.28. The number of nitrogens with zero attached hydrogens (tertiary/aromatic N) is 1. The van der Waals surface area contributed by atoms with Gasteiger partial charge in [-0.2, -0.15) is 0 Å². The Morgan fingerprint density at radius 3 is 2.75 bits per heavy atom. The molecule has 1 aromatic rings. The van der Waals surface area contributed by atoms with E-state index in [4.69, 9.17) is 5.73 Å². The third-order valence-corrected chi connectivity index (χ3v) is 3.73. The van der Waals surface area contributed by atoms with E-state index in [0.29, 0.717) is 6.04 Å². The second-order valence-electron chi connectivity index (χ2n) is 4.56. The summed E-state index contributed by atoms with van der Waals surface area (Å²) >= 11 is 3.51. The summed E-state index contributed by atoms with van der Waals surface area (Å²) in [7, 11) is 0. The van der Waals surface area contributed by atoms with Crippen LogP contribution in [-0.2, 0) is 6.42 Å². The average molecular weight is 283 g/mol. The minimum Gasteiger partial charge on any atom is -0.328 e. The molecule has 2 nitrogen and oxygen atoms in total. The second-order valence-corrected chi connectivity index (χ2v) is 5.47. The molecule has 0 aromatic heterocycles. The van der Waals surface area contributed by atoms with E-state index in [2.05, 4.69) is 45.1 Å². The first-order valence-corrected chi connectivity index (χ1v) is 6.76. The van der Waals surface area contributed by atoms with Crippen molar-refractivity contribution in [2.75, 3.05) is 19.6 Å². The Balaban J connectivity index is 1.79. The minimum atomic E-state index is 0.433. The Bertz CT molecular complexity index is 332. The number of benzene rings is 1. The summed E-state index contributed by atoms with van der Waals surface area (Å²) in [6.07, 6.45) is 3.44. The van der Waals surface area contributed by atoms with Gasteiger partial charge in [0, 0.05) is 17.1 Å². The van der Waals surface area contributed by atoms with Crippen LogP contribution in [0.25, 0.3) is 0 Å². The number of likely N-dealkylation sites (tertiary alicyclic amines) is 1. The Kier molecular flexibility index (Phi) is 4.38. The van der Waals surface area contributed by atoms with E-state index in [1.807, 2.05) is 0 Å². The van der Waals surface area contributed by atoms with Crippen molar-refractivity contribution in [3.63, 3.8) is 0 Å². The highest BCUT2D eigenvalue weighted by Crippen LogP contribution is 2.13. The SMILES string of the molecule is NC1CCN(CCc2cccc(Br)c2)CC1. The van der Waals surface area contributed by atoms with E-state index in [9.17, 15) is 0 Å². The third-order valence-electron chi connectivity index (χ3n) is 3.24. The molecular formula is C13H19BrN2. The molecule has 1 aliphatic rings. The Morgan fingerprint density at radius 1 is 1.31 bits per heavy atom. The molecule has 1 heterocycles. The van der Waals surface area contributed by atoms with Crippen molar-refractivity contribution >= 4 is 15.9 Å². The van der Waals surface area contributed by atoms with Gasteiger partial charge in [-0.3, -0.25) is 0 Å². The van der Waals surface area contributed by atoms with E-state index in [-0.39, 0.29) is 0 Å². The van der Waals surface area contributed by atoms with Gasteiger partial charge in [0.1, 0.15) is 0 Å². The lowest BCUT2D eigenvalue weighted by molar-refractivity contribution is 0.215. The van der Waals surface area contributed by atoms with Crippen molar-refractivity contribution in [1.82, 2.24) is 4.90 Å². The quantitative estimate of drug-likeness (QED) is 0.923. The van der Waals surface area contributed by atoms with Crippen LogP contribution in [0.15, 0.2) is 28.7 Å². The predicted molar refractivity (Wildman–Crippen MR) is 71.5 cm³/mol. The van der Waals surface area contributed by atoms with E-state index < -0.39 is 0 Å². The topological polar surface area (TPSA) is 29.3 Å². The van der Waals surface area contributed by atoms with Gasteiger partial charge in [-0.25, -0.2) is 0 Å². The lowest BCUT2D eigenvalue weighted by atomic mass is 10.1. The summed E-state index contributed by atoms with van der Waals surface area (Å²) < 4.78 is 1.17. The van der Waals surface area contributed by atoms with Gasteiger partial charge >= 0.3 is 0 Å². The normalized spacial score (nSPS) is 18.9. The monoisotopic (exact) mass is 282 g/mol. The Labute approximate surface area is 106 Å². The molecule has 0 amide bonds. The molecule has 16 heavy (non-hydrogen) atoms. The van der Waals surface area contributed by atoms with Crippen LogP contribution >= 0.6 is 15.9 Å². The van der Waals surface area contributed by atoms with Crippen molar-refractivity contribution in [2.45, 2.75) is 25.3 Å². The summed E-state index contributed by atoms with van der Waals surface area (Å²) in [4.78, 5) is 2.52. The van der Waals surface area contributed by atoms with Crippen LogP contribution in [0.1, 0.15) is 18.4 Å². The lowest BCUT2D eigenvalue weighted by Crippen LogP contribution is -2.40. The number of rotatable bonds is 3. The van der Waals surface area contributed by atoms with Crippen LogP contribution < -0.4 is 5.73 Å². The molecule has 0 spiro atoms. The fourth-order valence-electron chi connectivity index (χ4n) is 2.16. The molecule has 1 saturated heterocycles. The summed E-state index contributed by atoms with van der Waals surface area (Å²) in [5.74, 6) is 0. The number of nitrogens with two attached hydrogens (primary N) is 1. The van der Waals surface area contributed by atoms with Gasteiger partial charge in [0.15, 0.2) is 0 Å². The number of hydrogen-bond donors (Lipinski definition) is 1. The molecule has 0 unspecified atom stereocenters. The molecule has 0 radical (unpaired) electrons. The summed E-state index contributed by atoms with van der Waals surface area (Å²) in [6, 6.07) is 9.01. The molecule has 1 aromatic carbocycles. The Morgan fingerprint density at radius 2 is 2.06 bits per heavy atom. The molecule has 2 rings (SSSR count). The van der Waals surface area contributed by atoms with E-state index >= 15 is 0 Å². The highest BCUT2D eigenvalue weighted by Gasteiger charge is 2.15. The molecule has 88 valence electrons. The van der Waals surface area contributed by atoms with Gasteiger partial charge in [-0.15, -0.1) is 0 Å². The smallest absolute Gasteiger partial charge is 0.0178 e. The van der Waals surface area contributed by atoms with Gasteiger partial charge in [0.2, 0.25) is 0 Å². The van der Waals surface area contributed by atoms with Crippen molar-refractivity contribution in [3.8, 4) is 0 Å². The maximum atomic E-state index is 5.89. The predicted octanol–water partition coefficient (Wildman–Crippen LogP) is 2.41. The first-order valence-electron chi connectivity index (χ1n) is 5.96. The molecule has 1 aliphatic heterocycles. The summed E-state index contributed by atoms with van der Waals surface area (Å²) in [6.45, 7) is 3.48. The van der Waals surface area contributed by atoms with E-state index in [1.54, 1.807) is 0 Å². The van der Waals surface area contributed by atoms with Crippen LogP contribution in [0.2, 0.25) is 0 Å². The summed E-state index contributed by atoms with van der Waals surface area (Å²) in [5.41, 5.74) is 7.30. The number of halogens is 1. The van der Waals surface area contributed by atoms with E-state index in [1.165, 1.54) is 10.0 Å². The number of hydrogen-bond acceptors (Lipinski definition) is 2. The lowest BCUT2D eigenvalue weighted by Gasteiger charge is -2.29. The molecular weight excluding hydrogens is 264 g/mol. The highest BCUT2D eigenvalue weighted by atomic mass is 79.9. The summed E-state index contributed by atoms with van der Waals surface area (Å²) in [5, 5.41) is 0. The van der Waals surface area contributed by atoms with E-state index in [0.717, 1.165) is 38.9 Å². The molecule has 2 N–H and O–H groups in total. The van der Waals surface area contributed by atoms with Gasteiger partial charge in [-0.05, 0) is 50.0 Å². The van der Waals surface area contributed by atoms with Crippen molar-refractivity contribution < 1.29 is 0 Å². The van der Waals surface area contributed by atoms with Crippen LogP contribution in [0.3, 0.4) is 0 Å². The fourth-order valence-corrected chi connectivity index (χ4v) is 2.60. The first kappa shape index (κ1) is 12.1. The van der Waals surface area contributed by atoms with Gasteiger partial charge in [0.25, 0.3) is 0 Å². The van der Waals surface area contributed by atoms with Crippen LogP contribution in [0.5, 0.6) is 0 Å². The van der Waals surface area contributed by atoms with Crippen LogP contribution in [-0.4, -0.2) is 30.6 Å². The van der Waals surface area contributed by atoms with Crippen molar-refractivity contribution in [1.29, 1.82) is 0 Å². The largest absolute Gasteiger partial charge is 0.328 e. The van der Waals surface area contributed by atoms with Gasteiger partial charge in [0.05, 0.1) is 0 Å². The molecule has 0 atom stereocenters. The second kappa shape index (κ2) is 5.80. The molecule has 0 saturated carbocycles. The van der Waals surface area contributed by atoms with Crippen molar-refractivity contribution in [2.24, 2.45) is 5.73 Å². The first-order chi connectivity index (χ1) is 7.74. The maximum Gasteiger partial charge on any atom is 0.0178 e. The van der Waals surface area contributed by atoms with Gasteiger partial charge < -0.3 is 10.6 Å².